The highest BCUT2D eigenvalue weighted by atomic mass is 16.3. The third-order valence-electron chi connectivity index (χ3n) is 3.12. The van der Waals surface area contributed by atoms with E-state index in [1.54, 1.807) is 12.1 Å². The molecule has 1 amide bonds. The first-order chi connectivity index (χ1) is 10.9. The molecule has 0 bridgehead atoms. The second kappa shape index (κ2) is 8.70. The van der Waals surface area contributed by atoms with E-state index in [1.807, 2.05) is 27.0 Å². The molecule has 0 fully saturated rings. The van der Waals surface area contributed by atoms with Crippen LogP contribution in [0.1, 0.15) is 37.6 Å². The summed E-state index contributed by atoms with van der Waals surface area (Å²) in [6.07, 6.45) is 4.09. The molecule has 0 atom stereocenters. The van der Waals surface area contributed by atoms with Gasteiger partial charge in [-0.3, -0.25) is 10.1 Å². The minimum absolute atomic E-state index is 0.128. The fraction of sp³-hybridized carbons (Fsp3) is 0.467. The van der Waals surface area contributed by atoms with E-state index in [0.29, 0.717) is 11.4 Å². The average molecular weight is 318 g/mol. The first-order valence-corrected chi connectivity index (χ1v) is 7.29. The SMILES string of the molecule is CCC(C)(C)N=C(NC#N)Nc1cc(C(=O)NCCO)ccn1. The monoisotopic (exact) mass is 318 g/mol. The highest BCUT2D eigenvalue weighted by Gasteiger charge is 2.15. The number of nitrogens with zero attached hydrogens (tertiary/aromatic N) is 3. The van der Waals surface area contributed by atoms with E-state index in [0.717, 1.165) is 6.42 Å². The van der Waals surface area contributed by atoms with Gasteiger partial charge in [0.1, 0.15) is 5.82 Å². The van der Waals surface area contributed by atoms with Crippen molar-refractivity contribution in [2.45, 2.75) is 32.7 Å². The molecule has 8 nitrogen and oxygen atoms in total. The number of nitriles is 1. The van der Waals surface area contributed by atoms with Gasteiger partial charge in [-0.1, -0.05) is 6.92 Å². The fourth-order valence-electron chi connectivity index (χ4n) is 1.55. The van der Waals surface area contributed by atoms with E-state index in [9.17, 15) is 4.79 Å². The maximum Gasteiger partial charge on any atom is 0.251 e. The molecule has 0 aliphatic carbocycles. The predicted octanol–water partition coefficient (Wildman–Crippen LogP) is 0.831. The molecule has 4 N–H and O–H groups in total. The van der Waals surface area contributed by atoms with E-state index in [-0.39, 0.29) is 30.6 Å². The van der Waals surface area contributed by atoms with Gasteiger partial charge >= 0.3 is 0 Å². The summed E-state index contributed by atoms with van der Waals surface area (Å²) in [6, 6.07) is 3.10. The van der Waals surface area contributed by atoms with Crippen molar-refractivity contribution in [2.24, 2.45) is 4.99 Å². The summed E-state index contributed by atoms with van der Waals surface area (Å²) in [7, 11) is 0. The first-order valence-electron chi connectivity index (χ1n) is 7.29. The third kappa shape index (κ3) is 6.32. The highest BCUT2D eigenvalue weighted by molar-refractivity contribution is 5.97. The quantitative estimate of drug-likeness (QED) is 0.267. The van der Waals surface area contributed by atoms with Crippen molar-refractivity contribution in [3.63, 3.8) is 0 Å². The summed E-state index contributed by atoms with van der Waals surface area (Å²) in [5.74, 6) is 0.333. The Balaban J connectivity index is 2.93. The number of rotatable bonds is 6. The number of hydrogen-bond acceptors (Lipinski definition) is 5. The van der Waals surface area contributed by atoms with Crippen LogP contribution in [0.15, 0.2) is 23.3 Å². The number of aliphatic hydroxyl groups is 1. The number of pyridine rings is 1. The van der Waals surface area contributed by atoms with Crippen molar-refractivity contribution in [3.8, 4) is 6.19 Å². The average Bonchev–Trinajstić information content (AvgIpc) is 2.52. The maximum absolute atomic E-state index is 11.9. The van der Waals surface area contributed by atoms with Crippen molar-refractivity contribution >= 4 is 17.7 Å². The number of amides is 1. The third-order valence-corrected chi connectivity index (χ3v) is 3.12. The summed E-state index contributed by atoms with van der Waals surface area (Å²) in [5, 5.41) is 25.5. The number of aliphatic imine (C=N–C) groups is 1. The van der Waals surface area contributed by atoms with Crippen molar-refractivity contribution in [1.29, 1.82) is 5.26 Å². The lowest BCUT2D eigenvalue weighted by Gasteiger charge is -2.19. The molecule has 0 saturated carbocycles. The Labute approximate surface area is 135 Å². The van der Waals surface area contributed by atoms with Gasteiger partial charge in [0.15, 0.2) is 6.19 Å². The summed E-state index contributed by atoms with van der Waals surface area (Å²) >= 11 is 0. The summed E-state index contributed by atoms with van der Waals surface area (Å²) in [6.45, 7) is 5.94. The maximum atomic E-state index is 11.9. The zero-order valence-electron chi connectivity index (χ0n) is 13.6. The number of aliphatic hydroxyl groups excluding tert-OH is 1. The van der Waals surface area contributed by atoms with Gasteiger partial charge in [-0.05, 0) is 32.4 Å². The molecule has 1 heterocycles. The molecule has 23 heavy (non-hydrogen) atoms. The van der Waals surface area contributed by atoms with Gasteiger partial charge in [-0.25, -0.2) is 9.98 Å². The van der Waals surface area contributed by atoms with Crippen molar-refractivity contribution < 1.29 is 9.90 Å². The van der Waals surface area contributed by atoms with Crippen LogP contribution in [0, 0.1) is 11.5 Å². The lowest BCUT2D eigenvalue weighted by Crippen LogP contribution is -2.32. The normalized spacial score (nSPS) is 11.5. The van der Waals surface area contributed by atoms with Crippen LogP contribution in [-0.4, -0.2) is 40.6 Å². The van der Waals surface area contributed by atoms with Crippen LogP contribution >= 0.6 is 0 Å². The summed E-state index contributed by atoms with van der Waals surface area (Å²) in [5.41, 5.74) is 0.0458. The Kier molecular flexibility index (Phi) is 6.96. The molecule has 8 heteroatoms. The number of aromatic nitrogens is 1. The van der Waals surface area contributed by atoms with E-state index >= 15 is 0 Å². The number of anilines is 1. The molecule has 0 unspecified atom stereocenters. The summed E-state index contributed by atoms with van der Waals surface area (Å²) in [4.78, 5) is 20.4. The van der Waals surface area contributed by atoms with E-state index < -0.39 is 0 Å². The second-order valence-corrected chi connectivity index (χ2v) is 5.40. The molecule has 1 aromatic heterocycles. The minimum atomic E-state index is -0.345. The number of hydrogen-bond donors (Lipinski definition) is 4. The lowest BCUT2D eigenvalue weighted by atomic mass is 10.0. The minimum Gasteiger partial charge on any atom is -0.395 e. The van der Waals surface area contributed by atoms with Crippen LogP contribution in [-0.2, 0) is 0 Å². The first kappa shape index (κ1) is 18.4. The van der Waals surface area contributed by atoms with Crippen molar-refractivity contribution in [3.05, 3.63) is 23.9 Å². The molecular weight excluding hydrogens is 296 g/mol. The van der Waals surface area contributed by atoms with Gasteiger partial charge < -0.3 is 15.7 Å². The van der Waals surface area contributed by atoms with Gasteiger partial charge in [-0.15, -0.1) is 0 Å². The lowest BCUT2D eigenvalue weighted by molar-refractivity contribution is 0.0944. The molecule has 0 radical (unpaired) electrons. The van der Waals surface area contributed by atoms with Crippen molar-refractivity contribution in [2.75, 3.05) is 18.5 Å². The molecule has 1 rings (SSSR count). The highest BCUT2D eigenvalue weighted by Crippen LogP contribution is 2.14. The Morgan fingerprint density at radius 3 is 2.87 bits per heavy atom. The molecular formula is C15H22N6O2. The topological polar surface area (TPSA) is 122 Å². The standard InChI is InChI=1S/C15H22N6O2/c1-4-15(2,3)21-14(19-10-16)20-12-9-11(5-6-17-12)13(23)18-7-8-22/h5-6,9,22H,4,7-8H2,1-3H3,(H,18,23)(H2,17,19,20,21). The number of guanidine groups is 1. The van der Waals surface area contributed by atoms with Crippen LogP contribution in [0.4, 0.5) is 5.82 Å². The molecule has 124 valence electrons. The van der Waals surface area contributed by atoms with Crippen LogP contribution in [0.3, 0.4) is 0 Å². The van der Waals surface area contributed by atoms with E-state index in [1.165, 1.54) is 6.20 Å². The zero-order valence-corrected chi connectivity index (χ0v) is 13.6. The Morgan fingerprint density at radius 2 is 2.26 bits per heavy atom. The molecule has 0 spiro atoms. The Hall–Kier alpha value is -2.66. The Bertz CT molecular complexity index is 606. The smallest absolute Gasteiger partial charge is 0.251 e. The van der Waals surface area contributed by atoms with Crippen LogP contribution < -0.4 is 16.0 Å². The van der Waals surface area contributed by atoms with Crippen LogP contribution in [0.25, 0.3) is 0 Å². The van der Waals surface area contributed by atoms with Gasteiger partial charge in [0.2, 0.25) is 5.96 Å². The molecule has 1 aromatic rings. The van der Waals surface area contributed by atoms with Crippen LogP contribution in [0.2, 0.25) is 0 Å². The molecule has 0 saturated heterocycles. The molecule has 0 aromatic carbocycles. The predicted molar refractivity (Wildman–Crippen MR) is 87.8 cm³/mol. The van der Waals surface area contributed by atoms with Gasteiger partial charge in [0.25, 0.3) is 5.91 Å². The van der Waals surface area contributed by atoms with Gasteiger partial charge in [-0.2, -0.15) is 5.26 Å². The van der Waals surface area contributed by atoms with Gasteiger partial charge in [0.05, 0.1) is 12.1 Å². The largest absolute Gasteiger partial charge is 0.395 e. The molecule has 0 aliphatic rings. The van der Waals surface area contributed by atoms with Crippen molar-refractivity contribution in [1.82, 2.24) is 15.6 Å². The Morgan fingerprint density at radius 1 is 1.52 bits per heavy atom. The number of carbonyl (C=O) groups is 1. The number of nitrogens with one attached hydrogen (secondary N) is 3. The zero-order chi connectivity index (χ0) is 17.3. The van der Waals surface area contributed by atoms with E-state index in [4.69, 9.17) is 10.4 Å². The van der Waals surface area contributed by atoms with E-state index in [2.05, 4.69) is 25.9 Å². The summed E-state index contributed by atoms with van der Waals surface area (Å²) < 4.78 is 0. The fourth-order valence-corrected chi connectivity index (χ4v) is 1.55. The molecule has 0 aliphatic heterocycles. The number of carbonyl (C=O) groups excluding carboxylic acids is 1. The van der Waals surface area contributed by atoms with Gasteiger partial charge in [0, 0.05) is 18.3 Å². The second-order valence-electron chi connectivity index (χ2n) is 5.40. The van der Waals surface area contributed by atoms with Crippen LogP contribution in [0.5, 0.6) is 0 Å².